The zero-order chi connectivity index (χ0) is 72.0. The molecule has 0 bridgehead atoms. The number of rotatable bonds is 28. The Morgan fingerprint density at radius 1 is 0.237 bits per heavy atom. The first kappa shape index (κ1) is 79.3. The summed E-state index contributed by atoms with van der Waals surface area (Å²) in [5, 5.41) is 24.1. The highest BCUT2D eigenvalue weighted by molar-refractivity contribution is 5.51. The maximum absolute atomic E-state index is 5.89. The fourth-order valence-electron chi connectivity index (χ4n) is 20.8. The minimum absolute atomic E-state index is 0.0408. The fraction of sp³-hybridized carbons (Fsp3) is 0.924. The zero-order valence-corrected chi connectivity index (χ0v) is 67.9. The van der Waals surface area contributed by atoms with Gasteiger partial charge in [0.05, 0.1) is 0 Å². The smallest absolute Gasteiger partial charge is 0.232 e. The Kier molecular flexibility index (Phi) is 24.3. The molecule has 8 heterocycles. The largest absolute Gasteiger partial charge is 0.341 e. The highest BCUT2D eigenvalue weighted by atomic mass is 15.4. The predicted molar refractivity (Wildman–Crippen MR) is 414 cm³/mol. The van der Waals surface area contributed by atoms with E-state index >= 15 is 0 Å². The monoisotopic (exact) mass is 1350 g/mol. The second-order valence-corrected chi connectivity index (χ2v) is 40.3. The second-order valence-electron chi connectivity index (χ2n) is 40.3. The molecule has 2 aromatic rings. The van der Waals surface area contributed by atoms with Crippen molar-refractivity contribution in [2.24, 2.45) is 0 Å². The summed E-state index contributed by atoms with van der Waals surface area (Å²) in [5.41, 5.74) is -0.660. The maximum Gasteiger partial charge on any atom is 0.232 e. The van der Waals surface area contributed by atoms with Crippen LogP contribution >= 0.6 is 0 Å². The van der Waals surface area contributed by atoms with E-state index in [1.54, 1.807) is 0 Å². The maximum atomic E-state index is 5.89. The van der Waals surface area contributed by atoms with Gasteiger partial charge < -0.3 is 61.3 Å². The van der Waals surface area contributed by atoms with Crippen LogP contribution in [0.25, 0.3) is 0 Å². The predicted octanol–water partition coefficient (Wildman–Crippen LogP) is 15.0. The second kappa shape index (κ2) is 29.7. The summed E-state index contributed by atoms with van der Waals surface area (Å²) in [7, 11) is 2.27. The van der Waals surface area contributed by atoms with Gasteiger partial charge in [-0.25, -0.2) is 0 Å². The summed E-state index contributed by atoms with van der Waals surface area (Å²) < 4.78 is 0. The lowest BCUT2D eigenvalue weighted by Crippen LogP contribution is -2.63. The number of hydrogen-bond acceptors (Lipinski definition) is 18. The van der Waals surface area contributed by atoms with Crippen LogP contribution in [0.1, 0.15) is 328 Å². The first-order valence-corrected chi connectivity index (χ1v) is 39.4. The van der Waals surface area contributed by atoms with E-state index < -0.39 is 0 Å². The molecule has 6 fully saturated rings. The van der Waals surface area contributed by atoms with Crippen molar-refractivity contribution in [2.45, 2.75) is 431 Å². The summed E-state index contributed by atoms with van der Waals surface area (Å²) in [6.45, 7) is 68.8. The number of nitrogens with one attached hydrogen (secondary N) is 6. The van der Waals surface area contributed by atoms with Crippen molar-refractivity contribution >= 4 is 35.7 Å². The normalized spacial score (nSPS) is 25.1. The molecule has 0 aliphatic carbocycles. The topological polar surface area (TPSA) is 169 Å². The van der Waals surface area contributed by atoms with Crippen molar-refractivity contribution in [3.05, 3.63) is 0 Å². The molecule has 6 N–H and O–H groups in total. The Balaban J connectivity index is 1.19. The molecule has 0 atom stereocenters. The Morgan fingerprint density at radius 2 is 0.392 bits per heavy atom. The molecule has 2 aromatic heterocycles. The lowest BCUT2D eigenvalue weighted by Gasteiger charge is -2.51. The number of hydrogen-bond donors (Lipinski definition) is 6. The van der Waals surface area contributed by atoms with E-state index in [0.29, 0.717) is 0 Å². The third kappa shape index (κ3) is 22.1. The van der Waals surface area contributed by atoms with Crippen LogP contribution in [0.5, 0.6) is 0 Å². The zero-order valence-electron chi connectivity index (χ0n) is 67.9. The van der Waals surface area contributed by atoms with Crippen molar-refractivity contribution in [2.75, 3.05) is 69.2 Å². The molecule has 8 rings (SSSR count). The number of nitrogens with zero attached hydrogens (tertiary/aromatic N) is 12. The molecule has 556 valence electrons. The van der Waals surface area contributed by atoms with Crippen LogP contribution in [0.2, 0.25) is 0 Å². The van der Waals surface area contributed by atoms with Crippen LogP contribution in [0.4, 0.5) is 35.7 Å². The molecule has 0 aromatic carbocycles. The molecule has 18 nitrogen and oxygen atoms in total. The molecule has 0 unspecified atom stereocenters. The van der Waals surface area contributed by atoms with Gasteiger partial charge in [-0.05, 0) is 275 Å². The number of unbranched alkanes of at least 4 members (excludes halogenated alkanes) is 6. The minimum atomic E-state index is -0.0817. The van der Waals surface area contributed by atoms with Crippen LogP contribution < -0.4 is 61.3 Å². The summed E-state index contributed by atoms with van der Waals surface area (Å²) in [5.74, 6) is 5.05. The van der Waals surface area contributed by atoms with Gasteiger partial charge in [0.1, 0.15) is 0 Å². The van der Waals surface area contributed by atoms with Gasteiger partial charge in [-0.2, -0.15) is 29.9 Å². The average Bonchev–Trinajstić information content (AvgIpc) is 0.772. The van der Waals surface area contributed by atoms with Crippen LogP contribution in [0.15, 0.2) is 0 Å². The van der Waals surface area contributed by atoms with E-state index in [-0.39, 0.29) is 103 Å². The van der Waals surface area contributed by atoms with Crippen molar-refractivity contribution in [1.29, 1.82) is 0 Å². The first-order valence-electron chi connectivity index (χ1n) is 39.4. The van der Waals surface area contributed by atoms with E-state index in [1.165, 1.54) is 0 Å². The third-order valence-corrected chi connectivity index (χ3v) is 22.4. The lowest BCUT2D eigenvalue weighted by atomic mass is 9.79. The fourth-order valence-corrected chi connectivity index (χ4v) is 20.8. The molecule has 0 amide bonds. The van der Waals surface area contributed by atoms with Crippen LogP contribution in [-0.4, -0.2) is 172 Å². The Hall–Kier alpha value is -3.42. The third-order valence-electron chi connectivity index (χ3n) is 22.4. The standard InChI is InChI=1S/C79H150N18/c1-29-32-39-93(57-46-70(8,9)87-71(10,11)47-57)63-80-62(92(28)56-44-68(4,5)86-69(6,7)45-56)81-64(82-63)96(60-52-76(20,21)90-77(22,23)53-60)42-37-35-36-38-43-97(61-54-78(24,25)91-79(26,27)55-61)67-84-65(94(40-33-30-2)58-48-72(12,13)88-73(14,15)49-58)83-66(85-67)95(41-34-31-3)59-50-74(16,17)89-75(18,19)51-59/h56-61,86-91H,29-55H2,1-28H3. The van der Waals surface area contributed by atoms with Crippen molar-refractivity contribution in [1.82, 2.24) is 61.8 Å². The van der Waals surface area contributed by atoms with Gasteiger partial charge >= 0.3 is 0 Å². The van der Waals surface area contributed by atoms with Crippen molar-refractivity contribution in [3.8, 4) is 0 Å². The lowest BCUT2D eigenvalue weighted by molar-refractivity contribution is 0.155. The Bertz CT molecular complexity index is 2700. The minimum Gasteiger partial charge on any atom is -0.341 e. The summed E-state index contributed by atoms with van der Waals surface area (Å²) in [6, 6.07) is 1.52. The molecular weight excluding hydrogens is 1200 g/mol. The van der Waals surface area contributed by atoms with E-state index in [1.807, 2.05) is 0 Å². The molecule has 18 heteroatoms. The van der Waals surface area contributed by atoms with Crippen LogP contribution in [-0.2, 0) is 0 Å². The Morgan fingerprint density at radius 3 is 0.567 bits per heavy atom. The van der Waals surface area contributed by atoms with E-state index in [4.69, 9.17) is 29.9 Å². The molecule has 0 saturated carbocycles. The molecule has 6 saturated heterocycles. The first-order chi connectivity index (χ1) is 44.5. The molecule has 0 radical (unpaired) electrons. The average molecular weight is 1350 g/mol. The van der Waals surface area contributed by atoms with E-state index in [0.717, 1.165) is 210 Å². The molecule has 0 spiro atoms. The molecule has 6 aliphatic rings. The van der Waals surface area contributed by atoms with Gasteiger partial charge in [0.25, 0.3) is 0 Å². The van der Waals surface area contributed by atoms with E-state index in [9.17, 15) is 0 Å². The van der Waals surface area contributed by atoms with Gasteiger partial charge in [-0.1, -0.05) is 52.9 Å². The molecular formula is C79H150N18. The van der Waals surface area contributed by atoms with E-state index in [2.05, 4.69) is 255 Å². The summed E-state index contributed by atoms with van der Waals surface area (Å²) in [6.07, 6.45) is 22.9. The molecule has 6 aliphatic heterocycles. The van der Waals surface area contributed by atoms with Gasteiger partial charge in [-0.3, -0.25) is 0 Å². The van der Waals surface area contributed by atoms with Crippen molar-refractivity contribution in [3.63, 3.8) is 0 Å². The quantitative estimate of drug-likeness (QED) is 0.0445. The summed E-state index contributed by atoms with van der Waals surface area (Å²) >= 11 is 0. The number of anilines is 6. The molecule has 97 heavy (non-hydrogen) atoms. The van der Waals surface area contributed by atoms with Gasteiger partial charge in [0.15, 0.2) is 0 Å². The highest BCUT2D eigenvalue weighted by Gasteiger charge is 2.48. The van der Waals surface area contributed by atoms with Gasteiger partial charge in [-0.15, -0.1) is 0 Å². The van der Waals surface area contributed by atoms with Crippen LogP contribution in [0, 0.1) is 0 Å². The van der Waals surface area contributed by atoms with Crippen molar-refractivity contribution < 1.29 is 0 Å². The van der Waals surface area contributed by atoms with Gasteiger partial charge in [0, 0.05) is 142 Å². The van der Waals surface area contributed by atoms with Gasteiger partial charge in [0.2, 0.25) is 35.7 Å². The SMILES string of the molecule is CCCCN(c1nc(N(C)C2CC(C)(C)NC(C)(C)C2)nc(N(CCCCCCN(c2nc(N(CCCC)C3CC(C)(C)NC(C)(C)C3)nc(N(CCCC)C3CC(C)(C)NC(C)(C)C3)n2)C2CC(C)(C)NC(C)(C)C2)C2CC(C)(C)NC(C)(C)C2)n1)C1CC(C)(C)NC(C)(C)C1. The Labute approximate surface area is 594 Å². The highest BCUT2D eigenvalue weighted by Crippen LogP contribution is 2.42. The van der Waals surface area contributed by atoms with Crippen LogP contribution in [0.3, 0.4) is 0 Å². The summed E-state index contributed by atoms with van der Waals surface area (Å²) in [4.78, 5) is 50.5. The number of piperidine rings is 6. The number of aromatic nitrogens is 6.